The first-order chi connectivity index (χ1) is 7.51. The summed E-state index contributed by atoms with van der Waals surface area (Å²) in [6, 6.07) is -0.861. The van der Waals surface area contributed by atoms with Crippen LogP contribution in [0.1, 0.15) is 6.92 Å². The Hall–Kier alpha value is -0.730. The summed E-state index contributed by atoms with van der Waals surface area (Å²) in [5.41, 5.74) is 0. The van der Waals surface area contributed by atoms with E-state index < -0.39 is 37.3 Å². The lowest BCUT2D eigenvalue weighted by molar-refractivity contribution is -0.262. The molecule has 0 aliphatic carbocycles. The van der Waals surface area contributed by atoms with Crippen molar-refractivity contribution < 1.29 is 29.6 Å². The Bertz CT molecular complexity index is 246. The van der Waals surface area contributed by atoms with Crippen molar-refractivity contribution in [1.82, 2.24) is 5.32 Å². The van der Waals surface area contributed by atoms with Gasteiger partial charge in [0.2, 0.25) is 5.91 Å². The lowest BCUT2D eigenvalue weighted by Crippen LogP contribution is -2.64. The molecule has 7 heteroatoms. The molecule has 0 aromatic rings. The molecule has 1 saturated heterocycles. The van der Waals surface area contributed by atoms with Crippen LogP contribution in [0.15, 0.2) is 0 Å². The molecular formula is C9H17NO6. The van der Waals surface area contributed by atoms with Crippen LogP contribution in [-0.2, 0) is 14.3 Å². The predicted octanol–water partition coefficient (Wildman–Crippen LogP) is -2.42. The quantitative estimate of drug-likeness (QED) is 0.322. The fraction of sp³-hybridized carbons (Fsp3) is 0.889. The number of ether oxygens (including phenoxy) is 2. The maximum atomic E-state index is 10.9. The predicted molar refractivity (Wildman–Crippen MR) is 52.4 cm³/mol. The molecule has 0 spiro atoms. The normalized spacial score (nSPS) is 39.4. The smallest absolute Gasteiger partial charge is 0.217 e. The number of rotatable bonds is 3. The average Bonchev–Trinajstić information content (AvgIpc) is 2.25. The van der Waals surface area contributed by atoms with Crippen LogP contribution in [0.3, 0.4) is 0 Å². The summed E-state index contributed by atoms with van der Waals surface area (Å²) in [6.07, 6.45) is -4.35. The Balaban J connectivity index is 2.77. The molecular weight excluding hydrogens is 222 g/mol. The van der Waals surface area contributed by atoms with Gasteiger partial charge in [-0.05, 0) is 0 Å². The molecule has 1 aliphatic rings. The van der Waals surface area contributed by atoms with E-state index in [0.29, 0.717) is 0 Å². The third-order valence-electron chi connectivity index (χ3n) is 2.48. The number of hydrogen-bond acceptors (Lipinski definition) is 6. The molecule has 16 heavy (non-hydrogen) atoms. The molecule has 7 nitrogen and oxygen atoms in total. The van der Waals surface area contributed by atoms with Crippen LogP contribution in [0.4, 0.5) is 0 Å². The van der Waals surface area contributed by atoms with E-state index >= 15 is 0 Å². The molecule has 94 valence electrons. The van der Waals surface area contributed by atoms with Gasteiger partial charge in [0.25, 0.3) is 0 Å². The highest BCUT2D eigenvalue weighted by Gasteiger charge is 2.44. The number of methoxy groups -OCH3 is 1. The molecule has 0 aromatic heterocycles. The van der Waals surface area contributed by atoms with Crippen molar-refractivity contribution >= 4 is 5.91 Å². The van der Waals surface area contributed by atoms with Gasteiger partial charge < -0.3 is 30.1 Å². The Morgan fingerprint density at radius 2 is 2.06 bits per heavy atom. The van der Waals surface area contributed by atoms with Crippen molar-refractivity contribution in [2.45, 2.75) is 37.6 Å². The maximum Gasteiger partial charge on any atom is 0.217 e. The van der Waals surface area contributed by atoms with Gasteiger partial charge in [-0.1, -0.05) is 0 Å². The Kier molecular flexibility index (Phi) is 4.63. The minimum absolute atomic E-state index is 0.371. The number of carbonyl (C=O) groups is 1. The van der Waals surface area contributed by atoms with Crippen molar-refractivity contribution in [1.29, 1.82) is 0 Å². The number of amides is 1. The number of carbonyl (C=O) groups excluding carboxylic acids is 1. The maximum absolute atomic E-state index is 10.9. The van der Waals surface area contributed by atoms with Crippen molar-refractivity contribution in [2.75, 3.05) is 13.7 Å². The van der Waals surface area contributed by atoms with Crippen LogP contribution < -0.4 is 5.32 Å². The number of hydrogen-bond donors (Lipinski definition) is 4. The van der Waals surface area contributed by atoms with Crippen LogP contribution in [0.2, 0.25) is 0 Å². The molecule has 1 fully saturated rings. The monoisotopic (exact) mass is 239 g/mol. The highest BCUT2D eigenvalue weighted by Crippen LogP contribution is 2.21. The molecule has 1 heterocycles. The molecule has 0 radical (unpaired) electrons. The topological polar surface area (TPSA) is 108 Å². The third-order valence-corrected chi connectivity index (χ3v) is 2.48. The first-order valence-corrected chi connectivity index (χ1v) is 4.93. The van der Waals surface area contributed by atoms with E-state index in [1.54, 1.807) is 0 Å². The van der Waals surface area contributed by atoms with Crippen molar-refractivity contribution in [2.24, 2.45) is 0 Å². The summed E-state index contributed by atoms with van der Waals surface area (Å²) in [4.78, 5) is 10.9. The van der Waals surface area contributed by atoms with Gasteiger partial charge in [0.05, 0.1) is 6.61 Å². The Morgan fingerprint density at radius 1 is 1.44 bits per heavy atom. The lowest BCUT2D eigenvalue weighted by Gasteiger charge is -2.41. The lowest BCUT2D eigenvalue weighted by atomic mass is 10.0. The molecule has 1 rings (SSSR count). The van der Waals surface area contributed by atoms with Gasteiger partial charge in [-0.15, -0.1) is 0 Å². The summed E-state index contributed by atoms with van der Waals surface area (Å²) in [6.45, 7) is 0.842. The van der Waals surface area contributed by atoms with Crippen molar-refractivity contribution in [3.05, 3.63) is 0 Å². The summed E-state index contributed by atoms with van der Waals surface area (Å²) < 4.78 is 10.1. The van der Waals surface area contributed by atoms with Crippen LogP contribution >= 0.6 is 0 Å². The average molecular weight is 239 g/mol. The number of nitrogens with one attached hydrogen (secondary N) is 1. The molecule has 1 aliphatic heterocycles. The van der Waals surface area contributed by atoms with E-state index in [2.05, 4.69) is 5.32 Å². The van der Waals surface area contributed by atoms with Crippen LogP contribution in [0.25, 0.3) is 0 Å². The second-order valence-electron chi connectivity index (χ2n) is 3.67. The minimum Gasteiger partial charge on any atom is -0.394 e. The Labute approximate surface area is 93.0 Å². The summed E-state index contributed by atoms with van der Waals surface area (Å²) in [7, 11) is 1.35. The van der Waals surface area contributed by atoms with E-state index in [-0.39, 0.29) is 5.91 Å². The van der Waals surface area contributed by atoms with Gasteiger partial charge in [-0.25, -0.2) is 0 Å². The summed E-state index contributed by atoms with van der Waals surface area (Å²) in [5, 5.41) is 30.7. The summed E-state index contributed by atoms with van der Waals surface area (Å²) >= 11 is 0. The fourth-order valence-corrected chi connectivity index (χ4v) is 1.67. The van der Waals surface area contributed by atoms with E-state index in [0.717, 1.165) is 0 Å². The van der Waals surface area contributed by atoms with E-state index in [1.807, 2.05) is 0 Å². The molecule has 0 unspecified atom stereocenters. The van der Waals surface area contributed by atoms with Gasteiger partial charge in [0.15, 0.2) is 6.29 Å². The SMILES string of the molecule is CO[13C@H]1O[C@H](CO)[C@@H](O)[C@H](O)[C@H]1[15NH][13C]([13CH3])=O. The molecule has 0 saturated carbocycles. The van der Waals surface area contributed by atoms with Gasteiger partial charge in [0, 0.05) is 14.0 Å². The van der Waals surface area contributed by atoms with Gasteiger partial charge in [-0.2, -0.15) is 0 Å². The first-order valence-electron chi connectivity index (χ1n) is 4.93. The van der Waals surface area contributed by atoms with Crippen LogP contribution in [-0.4, -0.2) is 65.6 Å². The third kappa shape index (κ3) is 2.69. The number of aliphatic hydroxyl groups is 3. The molecule has 0 bridgehead atoms. The standard InChI is InChI=1S/C9H17NO6/c1-4(12)10-6-8(14)7(13)5(3-11)16-9(6)15-2/h5-9,11,13-14H,3H2,1-2H3,(H,10,12)/t5-,6-,7-,8-,9+/m1/s1/i1+1,4+1,9+1,10+1. The van der Waals surface area contributed by atoms with Crippen LogP contribution in [0, 0.1) is 0 Å². The fourth-order valence-electron chi connectivity index (χ4n) is 1.67. The summed E-state index contributed by atoms with van der Waals surface area (Å²) in [5.74, 6) is -0.371. The zero-order valence-corrected chi connectivity index (χ0v) is 9.16. The van der Waals surface area contributed by atoms with Crippen molar-refractivity contribution in [3.8, 4) is 0 Å². The Morgan fingerprint density at radius 3 is 2.50 bits per heavy atom. The highest BCUT2D eigenvalue weighted by molar-refractivity contribution is 5.73. The molecule has 4 N–H and O–H groups in total. The van der Waals surface area contributed by atoms with Gasteiger partial charge in [-0.3, -0.25) is 4.79 Å². The zero-order valence-electron chi connectivity index (χ0n) is 9.16. The largest absolute Gasteiger partial charge is 0.394 e. The second kappa shape index (κ2) is 5.55. The van der Waals surface area contributed by atoms with Crippen molar-refractivity contribution in [3.63, 3.8) is 0 Å². The second-order valence-corrected chi connectivity index (χ2v) is 3.67. The zero-order chi connectivity index (χ0) is 12.3. The van der Waals surface area contributed by atoms with Gasteiger partial charge >= 0.3 is 0 Å². The molecule has 1 amide bonds. The molecule has 5 atom stereocenters. The van der Waals surface area contributed by atoms with Gasteiger partial charge in [0.1, 0.15) is 24.4 Å². The van der Waals surface area contributed by atoms with E-state index in [1.165, 1.54) is 14.0 Å². The molecule has 0 aromatic carbocycles. The number of aliphatic hydroxyl groups excluding tert-OH is 3. The van der Waals surface area contributed by atoms with Crippen LogP contribution in [0.5, 0.6) is 0 Å². The van der Waals surface area contributed by atoms with E-state index in [4.69, 9.17) is 14.6 Å². The highest BCUT2D eigenvalue weighted by atomic mass is 16.8. The van der Waals surface area contributed by atoms with E-state index in [9.17, 15) is 15.0 Å². The first kappa shape index (κ1) is 13.3. The minimum atomic E-state index is -1.27.